The van der Waals surface area contributed by atoms with Crippen LogP contribution in [-0.2, 0) is 16.1 Å². The fourth-order valence-corrected chi connectivity index (χ4v) is 2.47. The third-order valence-electron chi connectivity index (χ3n) is 4.12. The average molecular weight is 352 g/mol. The molecule has 0 aromatic heterocycles. The van der Waals surface area contributed by atoms with Gasteiger partial charge >= 0.3 is 0 Å². The molecule has 136 valence electrons. The summed E-state index contributed by atoms with van der Waals surface area (Å²) in [5.74, 6) is -0.270. The van der Waals surface area contributed by atoms with Crippen molar-refractivity contribution in [1.29, 1.82) is 0 Å². The van der Waals surface area contributed by atoms with Gasteiger partial charge in [-0.05, 0) is 24.6 Å². The quantitative estimate of drug-likeness (QED) is 0.775. The first kappa shape index (κ1) is 19.4. The molecular weight excluding hydrogens is 328 g/mol. The second kappa shape index (κ2) is 8.94. The molecule has 5 nitrogen and oxygen atoms in total. The number of carbonyl (C=O) groups is 3. The van der Waals surface area contributed by atoms with E-state index < -0.39 is 0 Å². The van der Waals surface area contributed by atoms with Gasteiger partial charge in [-0.15, -0.1) is 0 Å². The molecule has 2 rings (SSSR count). The summed E-state index contributed by atoms with van der Waals surface area (Å²) < 4.78 is 0. The molecule has 0 heterocycles. The number of nitrogens with one attached hydrogen (secondary N) is 1. The summed E-state index contributed by atoms with van der Waals surface area (Å²) in [7, 11) is 1.73. The van der Waals surface area contributed by atoms with E-state index in [0.29, 0.717) is 17.8 Å². The fraction of sp³-hybridized carbons (Fsp3) is 0.286. The minimum Gasteiger partial charge on any atom is -0.342 e. The Hall–Kier alpha value is -2.95. The molecule has 0 atom stereocenters. The number of carbonyl (C=O) groups excluding carboxylic acids is 3. The molecule has 0 aliphatic rings. The van der Waals surface area contributed by atoms with Gasteiger partial charge in [0.1, 0.15) is 0 Å². The van der Waals surface area contributed by atoms with E-state index in [1.165, 1.54) is 6.92 Å². The zero-order valence-corrected chi connectivity index (χ0v) is 15.4. The molecule has 26 heavy (non-hydrogen) atoms. The molecule has 0 bridgehead atoms. The van der Waals surface area contributed by atoms with Gasteiger partial charge in [-0.2, -0.15) is 0 Å². The lowest BCUT2D eigenvalue weighted by atomic mass is 10.0. The van der Waals surface area contributed by atoms with Crippen molar-refractivity contribution < 1.29 is 14.4 Å². The number of Topliss-reactive ketones (excluding diaryl/α,β-unsaturated/α-hetero) is 1. The topological polar surface area (TPSA) is 66.5 Å². The van der Waals surface area contributed by atoms with E-state index in [2.05, 4.69) is 5.32 Å². The van der Waals surface area contributed by atoms with Gasteiger partial charge in [0.05, 0.1) is 0 Å². The maximum Gasteiger partial charge on any atom is 0.224 e. The second-order valence-corrected chi connectivity index (χ2v) is 6.41. The Bertz CT molecular complexity index is 797. The Kier molecular flexibility index (Phi) is 6.67. The van der Waals surface area contributed by atoms with Gasteiger partial charge in [0.2, 0.25) is 11.8 Å². The first-order chi connectivity index (χ1) is 12.3. The van der Waals surface area contributed by atoms with E-state index in [9.17, 15) is 14.4 Å². The van der Waals surface area contributed by atoms with E-state index in [1.807, 2.05) is 37.3 Å². The second-order valence-electron chi connectivity index (χ2n) is 6.41. The number of hydrogen-bond donors (Lipinski definition) is 1. The minimum atomic E-state index is -0.206. The van der Waals surface area contributed by atoms with Gasteiger partial charge in [0, 0.05) is 44.6 Å². The fourth-order valence-electron chi connectivity index (χ4n) is 2.47. The van der Waals surface area contributed by atoms with Crippen molar-refractivity contribution in [1.82, 2.24) is 4.90 Å². The Labute approximate surface area is 154 Å². The van der Waals surface area contributed by atoms with E-state index in [0.717, 1.165) is 11.1 Å². The summed E-state index contributed by atoms with van der Waals surface area (Å²) in [6, 6.07) is 14.7. The molecule has 0 radical (unpaired) electrons. The van der Waals surface area contributed by atoms with Gasteiger partial charge in [0.25, 0.3) is 0 Å². The monoisotopic (exact) mass is 352 g/mol. The summed E-state index contributed by atoms with van der Waals surface area (Å²) in [6.45, 7) is 3.95. The maximum atomic E-state index is 12.1. The van der Waals surface area contributed by atoms with Crippen LogP contribution >= 0.6 is 0 Å². The van der Waals surface area contributed by atoms with Crippen LogP contribution in [0.15, 0.2) is 48.5 Å². The lowest BCUT2D eigenvalue weighted by Crippen LogP contribution is -2.23. The third-order valence-corrected chi connectivity index (χ3v) is 4.12. The van der Waals surface area contributed by atoms with Gasteiger partial charge in [-0.3, -0.25) is 14.4 Å². The molecule has 1 N–H and O–H groups in total. The van der Waals surface area contributed by atoms with Gasteiger partial charge in [-0.1, -0.05) is 42.0 Å². The Balaban J connectivity index is 1.88. The Morgan fingerprint density at radius 2 is 1.69 bits per heavy atom. The predicted octanol–water partition coefficient (Wildman–Crippen LogP) is 3.57. The van der Waals surface area contributed by atoms with E-state index in [1.54, 1.807) is 30.1 Å². The molecule has 5 heteroatoms. The number of amides is 2. The molecule has 0 aliphatic carbocycles. The lowest BCUT2D eigenvalue weighted by molar-refractivity contribution is -0.128. The number of ketones is 1. The number of hydrogen-bond acceptors (Lipinski definition) is 3. The summed E-state index contributed by atoms with van der Waals surface area (Å²) in [4.78, 5) is 37.2. The van der Waals surface area contributed by atoms with Crippen molar-refractivity contribution >= 4 is 23.3 Å². The summed E-state index contributed by atoms with van der Waals surface area (Å²) >= 11 is 0. The molecule has 0 aliphatic heterocycles. The highest BCUT2D eigenvalue weighted by Gasteiger charge is 2.10. The zero-order valence-electron chi connectivity index (χ0n) is 15.4. The van der Waals surface area contributed by atoms with E-state index in [-0.39, 0.29) is 30.4 Å². The number of rotatable bonds is 7. The van der Waals surface area contributed by atoms with Crippen LogP contribution in [0.2, 0.25) is 0 Å². The highest BCUT2D eigenvalue weighted by atomic mass is 16.2. The van der Waals surface area contributed by atoms with Crippen LogP contribution in [0, 0.1) is 6.92 Å². The van der Waals surface area contributed by atoms with Crippen molar-refractivity contribution in [2.24, 2.45) is 0 Å². The first-order valence-electron chi connectivity index (χ1n) is 8.55. The van der Waals surface area contributed by atoms with Crippen LogP contribution in [0.25, 0.3) is 0 Å². The summed E-state index contributed by atoms with van der Waals surface area (Å²) in [5, 5.41) is 2.81. The first-order valence-corrected chi connectivity index (χ1v) is 8.55. The third kappa shape index (κ3) is 5.84. The number of aryl methyl sites for hydroxylation is 1. The number of nitrogens with zero attached hydrogens (tertiary/aromatic N) is 1. The summed E-state index contributed by atoms with van der Waals surface area (Å²) in [6.07, 6.45) is 0.298. The van der Waals surface area contributed by atoms with Crippen LogP contribution in [0.1, 0.15) is 41.3 Å². The molecule has 2 amide bonds. The summed E-state index contributed by atoms with van der Waals surface area (Å²) in [5.41, 5.74) is 3.30. The highest BCUT2D eigenvalue weighted by Crippen LogP contribution is 2.14. The van der Waals surface area contributed by atoms with Crippen molar-refractivity contribution in [3.8, 4) is 0 Å². The van der Waals surface area contributed by atoms with E-state index >= 15 is 0 Å². The molecule has 2 aromatic carbocycles. The van der Waals surface area contributed by atoms with Crippen molar-refractivity contribution in [3.63, 3.8) is 0 Å². The zero-order chi connectivity index (χ0) is 19.1. The maximum absolute atomic E-state index is 12.1. The van der Waals surface area contributed by atoms with Crippen LogP contribution in [0.5, 0.6) is 0 Å². The normalized spacial score (nSPS) is 10.3. The van der Waals surface area contributed by atoms with Crippen molar-refractivity contribution in [2.75, 3.05) is 12.4 Å². The standard InChI is InChI=1S/C21H24N2O3/c1-15-7-9-18(10-8-15)20(25)11-12-21(26)22-19-6-4-5-17(13-19)14-23(3)16(2)24/h4-10,13H,11-12,14H2,1-3H3,(H,22,26). The number of benzene rings is 2. The number of anilines is 1. The molecular formula is C21H24N2O3. The lowest BCUT2D eigenvalue weighted by Gasteiger charge is -2.15. The SMILES string of the molecule is CC(=O)N(C)Cc1cccc(NC(=O)CCC(=O)c2ccc(C)cc2)c1. The molecule has 0 saturated heterocycles. The largest absolute Gasteiger partial charge is 0.342 e. The van der Waals surface area contributed by atoms with Crippen molar-refractivity contribution in [2.45, 2.75) is 33.2 Å². The smallest absolute Gasteiger partial charge is 0.224 e. The minimum absolute atomic E-state index is 0.0194. The Morgan fingerprint density at radius 1 is 1.00 bits per heavy atom. The van der Waals surface area contributed by atoms with Gasteiger partial charge in [0.15, 0.2) is 5.78 Å². The Morgan fingerprint density at radius 3 is 2.35 bits per heavy atom. The molecule has 0 spiro atoms. The predicted molar refractivity (Wildman–Crippen MR) is 102 cm³/mol. The van der Waals surface area contributed by atoms with Crippen LogP contribution in [0.3, 0.4) is 0 Å². The molecule has 0 fully saturated rings. The molecule has 2 aromatic rings. The van der Waals surface area contributed by atoms with Gasteiger partial charge < -0.3 is 10.2 Å². The highest BCUT2D eigenvalue weighted by molar-refractivity contribution is 6.00. The van der Waals surface area contributed by atoms with E-state index in [4.69, 9.17) is 0 Å². The van der Waals surface area contributed by atoms with Crippen LogP contribution in [0.4, 0.5) is 5.69 Å². The van der Waals surface area contributed by atoms with Gasteiger partial charge in [-0.25, -0.2) is 0 Å². The van der Waals surface area contributed by atoms with Crippen LogP contribution < -0.4 is 5.32 Å². The van der Waals surface area contributed by atoms with Crippen molar-refractivity contribution in [3.05, 3.63) is 65.2 Å². The average Bonchev–Trinajstić information content (AvgIpc) is 2.60. The molecule has 0 unspecified atom stereocenters. The molecule has 0 saturated carbocycles. The van der Waals surface area contributed by atoms with Crippen LogP contribution in [-0.4, -0.2) is 29.5 Å².